The predicted octanol–water partition coefficient (Wildman–Crippen LogP) is 2.90. The number of ether oxygens (including phenoxy) is 1. The molecule has 0 saturated carbocycles. The second-order valence-electron chi connectivity index (χ2n) is 5.65. The van der Waals surface area contributed by atoms with Crippen molar-refractivity contribution in [2.45, 2.75) is 46.3 Å². The number of amides is 1. The summed E-state index contributed by atoms with van der Waals surface area (Å²) in [6.45, 7) is 8.14. The van der Waals surface area contributed by atoms with Gasteiger partial charge in [0.05, 0.1) is 18.3 Å². The van der Waals surface area contributed by atoms with E-state index in [1.165, 1.54) is 0 Å². The average Bonchev–Trinajstić information content (AvgIpc) is 2.44. The third-order valence-corrected chi connectivity index (χ3v) is 3.65. The first kappa shape index (κ1) is 14.9. The summed E-state index contributed by atoms with van der Waals surface area (Å²) >= 11 is 0. The summed E-state index contributed by atoms with van der Waals surface area (Å²) in [6.07, 6.45) is 0.335. The Morgan fingerprint density at radius 3 is 2.70 bits per heavy atom. The van der Waals surface area contributed by atoms with E-state index in [9.17, 15) is 9.90 Å². The van der Waals surface area contributed by atoms with Gasteiger partial charge in [-0.15, -0.1) is 0 Å². The lowest BCUT2D eigenvalue weighted by molar-refractivity contribution is -0.121. The van der Waals surface area contributed by atoms with Gasteiger partial charge in [-0.1, -0.05) is 26.8 Å². The van der Waals surface area contributed by atoms with Crippen LogP contribution in [-0.2, 0) is 4.79 Å². The van der Waals surface area contributed by atoms with Gasteiger partial charge in [0, 0.05) is 5.92 Å². The van der Waals surface area contributed by atoms with Crippen LogP contribution in [0.4, 0.5) is 5.69 Å². The SMILES string of the molecule is CCC1CN(C(=O)C(C)C)c2cc(C(C)O)ccc2O1. The third-order valence-electron chi connectivity index (χ3n) is 3.65. The van der Waals surface area contributed by atoms with Gasteiger partial charge in [-0.25, -0.2) is 0 Å². The van der Waals surface area contributed by atoms with Gasteiger partial charge in [-0.05, 0) is 31.0 Å². The molecule has 2 unspecified atom stereocenters. The summed E-state index contributed by atoms with van der Waals surface area (Å²) in [5.74, 6) is 0.755. The Bertz CT molecular complexity index is 496. The van der Waals surface area contributed by atoms with E-state index in [2.05, 4.69) is 6.92 Å². The molecule has 0 bridgehead atoms. The fourth-order valence-electron chi connectivity index (χ4n) is 2.36. The Labute approximate surface area is 120 Å². The molecular formula is C16H23NO3. The fraction of sp³-hybridized carbons (Fsp3) is 0.562. The molecule has 110 valence electrons. The van der Waals surface area contributed by atoms with Crippen LogP contribution in [0.5, 0.6) is 5.75 Å². The highest BCUT2D eigenvalue weighted by molar-refractivity contribution is 5.96. The van der Waals surface area contributed by atoms with Gasteiger partial charge >= 0.3 is 0 Å². The average molecular weight is 277 g/mol. The van der Waals surface area contributed by atoms with Crippen molar-refractivity contribution in [3.63, 3.8) is 0 Å². The predicted molar refractivity (Wildman–Crippen MR) is 79.0 cm³/mol. The number of carbonyl (C=O) groups is 1. The van der Waals surface area contributed by atoms with E-state index in [1.54, 1.807) is 11.8 Å². The first-order valence-corrected chi connectivity index (χ1v) is 7.24. The number of benzene rings is 1. The van der Waals surface area contributed by atoms with Crippen molar-refractivity contribution in [2.24, 2.45) is 5.92 Å². The standard InChI is InChI=1S/C16H23NO3/c1-5-13-9-17(16(19)10(2)3)14-8-12(11(4)18)6-7-15(14)20-13/h6-8,10-11,13,18H,5,9H2,1-4H3. The molecule has 1 amide bonds. The summed E-state index contributed by atoms with van der Waals surface area (Å²) in [6, 6.07) is 5.55. The summed E-state index contributed by atoms with van der Waals surface area (Å²) in [5.41, 5.74) is 1.57. The quantitative estimate of drug-likeness (QED) is 0.924. The van der Waals surface area contributed by atoms with Gasteiger partial charge in [0.15, 0.2) is 0 Å². The highest BCUT2D eigenvalue weighted by Crippen LogP contribution is 2.37. The molecule has 20 heavy (non-hydrogen) atoms. The minimum atomic E-state index is -0.555. The van der Waals surface area contributed by atoms with Crippen molar-refractivity contribution in [1.82, 2.24) is 0 Å². The van der Waals surface area contributed by atoms with Crippen molar-refractivity contribution in [2.75, 3.05) is 11.4 Å². The fourth-order valence-corrected chi connectivity index (χ4v) is 2.36. The topological polar surface area (TPSA) is 49.8 Å². The van der Waals surface area contributed by atoms with E-state index in [-0.39, 0.29) is 17.9 Å². The van der Waals surface area contributed by atoms with Crippen LogP contribution >= 0.6 is 0 Å². The molecule has 1 heterocycles. The number of rotatable bonds is 3. The Morgan fingerprint density at radius 1 is 1.45 bits per heavy atom. The molecule has 1 N–H and O–H groups in total. The largest absolute Gasteiger partial charge is 0.486 e. The normalized spacial score (nSPS) is 19.5. The minimum Gasteiger partial charge on any atom is -0.486 e. The van der Waals surface area contributed by atoms with Crippen molar-refractivity contribution < 1.29 is 14.6 Å². The Hall–Kier alpha value is -1.55. The minimum absolute atomic E-state index is 0.0302. The van der Waals surface area contributed by atoms with Crippen LogP contribution in [0.2, 0.25) is 0 Å². The van der Waals surface area contributed by atoms with Gasteiger partial charge in [0.1, 0.15) is 11.9 Å². The zero-order valence-corrected chi connectivity index (χ0v) is 12.6. The first-order valence-electron chi connectivity index (χ1n) is 7.24. The number of fused-ring (bicyclic) bond motifs is 1. The van der Waals surface area contributed by atoms with Crippen LogP contribution in [0, 0.1) is 5.92 Å². The number of anilines is 1. The number of hydrogen-bond donors (Lipinski definition) is 1. The monoisotopic (exact) mass is 277 g/mol. The second-order valence-corrected chi connectivity index (χ2v) is 5.65. The molecule has 4 heteroatoms. The summed E-state index contributed by atoms with van der Waals surface area (Å²) in [7, 11) is 0. The Morgan fingerprint density at radius 2 is 2.15 bits per heavy atom. The lowest BCUT2D eigenvalue weighted by Gasteiger charge is -2.36. The molecule has 2 rings (SSSR count). The van der Waals surface area contributed by atoms with Crippen LogP contribution < -0.4 is 9.64 Å². The zero-order valence-electron chi connectivity index (χ0n) is 12.6. The maximum Gasteiger partial charge on any atom is 0.229 e. The maximum absolute atomic E-state index is 12.4. The molecular weight excluding hydrogens is 254 g/mol. The van der Waals surface area contributed by atoms with E-state index in [4.69, 9.17) is 4.74 Å². The maximum atomic E-state index is 12.4. The molecule has 1 aliphatic rings. The number of nitrogens with zero attached hydrogens (tertiary/aromatic N) is 1. The molecule has 0 radical (unpaired) electrons. The van der Waals surface area contributed by atoms with Crippen molar-refractivity contribution >= 4 is 11.6 Å². The summed E-state index contributed by atoms with van der Waals surface area (Å²) < 4.78 is 5.90. The van der Waals surface area contributed by atoms with Crippen LogP contribution in [0.1, 0.15) is 45.8 Å². The number of aliphatic hydroxyl groups excluding tert-OH is 1. The third kappa shape index (κ3) is 2.80. The molecule has 1 aliphatic heterocycles. The lowest BCUT2D eigenvalue weighted by Crippen LogP contribution is -2.45. The molecule has 1 aromatic carbocycles. The van der Waals surface area contributed by atoms with Crippen LogP contribution in [-0.4, -0.2) is 23.7 Å². The van der Waals surface area contributed by atoms with Gasteiger partial charge < -0.3 is 14.7 Å². The summed E-state index contributed by atoms with van der Waals surface area (Å²) in [4.78, 5) is 14.2. The van der Waals surface area contributed by atoms with Crippen LogP contribution in [0.15, 0.2) is 18.2 Å². The van der Waals surface area contributed by atoms with E-state index in [1.807, 2.05) is 32.0 Å². The van der Waals surface area contributed by atoms with Crippen LogP contribution in [0.25, 0.3) is 0 Å². The van der Waals surface area contributed by atoms with Gasteiger partial charge in [-0.2, -0.15) is 0 Å². The Kier molecular flexibility index (Phi) is 4.33. The molecule has 0 aromatic heterocycles. The first-order chi connectivity index (χ1) is 9.43. The van der Waals surface area contributed by atoms with Crippen molar-refractivity contribution in [3.05, 3.63) is 23.8 Å². The van der Waals surface area contributed by atoms with Crippen molar-refractivity contribution in [1.29, 1.82) is 0 Å². The number of aliphatic hydroxyl groups is 1. The van der Waals surface area contributed by atoms with Crippen molar-refractivity contribution in [3.8, 4) is 5.75 Å². The highest BCUT2D eigenvalue weighted by Gasteiger charge is 2.30. The molecule has 0 fully saturated rings. The van der Waals surface area contributed by atoms with E-state index in [0.29, 0.717) is 6.54 Å². The zero-order chi connectivity index (χ0) is 14.9. The van der Waals surface area contributed by atoms with E-state index in [0.717, 1.165) is 23.4 Å². The smallest absolute Gasteiger partial charge is 0.229 e. The van der Waals surface area contributed by atoms with Gasteiger partial charge in [0.2, 0.25) is 5.91 Å². The summed E-state index contributed by atoms with van der Waals surface area (Å²) in [5, 5.41) is 9.71. The molecule has 1 aromatic rings. The lowest BCUT2D eigenvalue weighted by atomic mass is 10.0. The number of hydrogen-bond acceptors (Lipinski definition) is 3. The molecule has 0 saturated heterocycles. The molecule has 4 nitrogen and oxygen atoms in total. The Balaban J connectivity index is 2.43. The molecule has 2 atom stereocenters. The van der Waals surface area contributed by atoms with Gasteiger partial charge in [-0.3, -0.25) is 4.79 Å². The second kappa shape index (κ2) is 5.83. The van der Waals surface area contributed by atoms with E-state index < -0.39 is 6.10 Å². The molecule has 0 spiro atoms. The highest BCUT2D eigenvalue weighted by atomic mass is 16.5. The van der Waals surface area contributed by atoms with Crippen LogP contribution in [0.3, 0.4) is 0 Å². The van der Waals surface area contributed by atoms with Gasteiger partial charge in [0.25, 0.3) is 0 Å². The number of carbonyl (C=O) groups excluding carboxylic acids is 1. The molecule has 0 aliphatic carbocycles. The van der Waals surface area contributed by atoms with E-state index >= 15 is 0 Å².